The van der Waals surface area contributed by atoms with Crippen molar-refractivity contribution in [2.24, 2.45) is 5.92 Å². The number of carbonyl (C=O) groups is 1. The van der Waals surface area contributed by atoms with Crippen LogP contribution in [-0.4, -0.2) is 61.0 Å². The van der Waals surface area contributed by atoms with Crippen molar-refractivity contribution in [1.82, 2.24) is 9.80 Å². The fourth-order valence-electron chi connectivity index (χ4n) is 5.47. The topological polar surface area (TPSA) is 26.8 Å². The lowest BCUT2D eigenvalue weighted by atomic mass is 9.78. The molecule has 2 heterocycles. The normalized spacial score (nSPS) is 26.7. The van der Waals surface area contributed by atoms with Crippen LogP contribution < -0.4 is 4.90 Å². The molecule has 1 amide bonds. The van der Waals surface area contributed by atoms with Gasteiger partial charge in [-0.15, -0.1) is 0 Å². The van der Waals surface area contributed by atoms with Gasteiger partial charge >= 0.3 is 0 Å². The predicted octanol–water partition coefficient (Wildman–Crippen LogP) is 3.61. The van der Waals surface area contributed by atoms with E-state index in [1.54, 1.807) is 0 Å². The van der Waals surface area contributed by atoms with Crippen molar-refractivity contribution in [3.05, 3.63) is 29.3 Å². The van der Waals surface area contributed by atoms with Gasteiger partial charge in [0.2, 0.25) is 5.91 Å². The van der Waals surface area contributed by atoms with Crippen molar-refractivity contribution in [3.63, 3.8) is 0 Å². The molecule has 0 spiro atoms. The van der Waals surface area contributed by atoms with E-state index in [-0.39, 0.29) is 0 Å². The van der Waals surface area contributed by atoms with Gasteiger partial charge in [-0.25, -0.2) is 0 Å². The molecule has 0 aromatic heterocycles. The summed E-state index contributed by atoms with van der Waals surface area (Å²) in [5.41, 5.74) is 4.05. The summed E-state index contributed by atoms with van der Waals surface area (Å²) in [6.45, 7) is 9.75. The number of hydrogen-bond acceptors (Lipinski definition) is 3. The quantitative estimate of drug-likeness (QED) is 0.814. The van der Waals surface area contributed by atoms with Crippen LogP contribution in [0.25, 0.3) is 0 Å². The molecule has 4 nitrogen and oxygen atoms in total. The Balaban J connectivity index is 1.33. The van der Waals surface area contributed by atoms with Gasteiger partial charge in [0.25, 0.3) is 0 Å². The van der Waals surface area contributed by atoms with Crippen LogP contribution in [0.4, 0.5) is 5.69 Å². The summed E-state index contributed by atoms with van der Waals surface area (Å²) in [4.78, 5) is 20.0. The Morgan fingerprint density at radius 2 is 1.70 bits per heavy atom. The Labute approximate surface area is 164 Å². The number of benzene rings is 1. The van der Waals surface area contributed by atoms with Gasteiger partial charge in [0.15, 0.2) is 0 Å². The molecule has 3 fully saturated rings. The summed E-state index contributed by atoms with van der Waals surface area (Å²) in [7, 11) is 0. The number of anilines is 1. The molecule has 148 valence electrons. The first kappa shape index (κ1) is 18.8. The first-order valence-corrected chi connectivity index (χ1v) is 11.0. The minimum absolute atomic E-state index is 0.349. The van der Waals surface area contributed by atoms with E-state index in [1.165, 1.54) is 55.3 Å². The minimum atomic E-state index is 0.349. The first-order valence-electron chi connectivity index (χ1n) is 11.0. The maximum absolute atomic E-state index is 13.0. The molecule has 2 saturated heterocycles. The van der Waals surface area contributed by atoms with Gasteiger partial charge in [-0.3, -0.25) is 9.69 Å². The van der Waals surface area contributed by atoms with Crippen molar-refractivity contribution in [3.8, 4) is 0 Å². The molecule has 4 heteroatoms. The number of piperidine rings is 1. The van der Waals surface area contributed by atoms with Gasteiger partial charge in [0, 0.05) is 37.9 Å². The lowest BCUT2D eigenvalue weighted by Gasteiger charge is -2.45. The number of amides is 1. The summed E-state index contributed by atoms with van der Waals surface area (Å²) < 4.78 is 0. The number of likely N-dealkylation sites (tertiary alicyclic amines) is 1. The van der Waals surface area contributed by atoms with E-state index in [0.29, 0.717) is 18.5 Å². The third kappa shape index (κ3) is 4.01. The Bertz CT molecular complexity index is 664. The maximum Gasteiger partial charge on any atom is 0.236 e. The number of aryl methyl sites for hydroxylation is 1. The second-order valence-electron chi connectivity index (χ2n) is 8.81. The zero-order valence-corrected chi connectivity index (χ0v) is 17.1. The predicted molar refractivity (Wildman–Crippen MR) is 111 cm³/mol. The minimum Gasteiger partial charge on any atom is -0.368 e. The average Bonchev–Trinajstić information content (AvgIpc) is 2.70. The van der Waals surface area contributed by atoms with Crippen LogP contribution in [0.1, 0.15) is 49.7 Å². The standard InChI is InChI=1S/C23H35N3O/c1-18-7-5-11-21(19(18)2)24-13-15-25(16-14-24)23(27)17-26-12-6-9-20-8-3-4-10-22(20)26/h5,7,11,20,22H,3-4,6,8-10,12-17H2,1-2H3/t20-,22-/m0/s1. The van der Waals surface area contributed by atoms with Gasteiger partial charge < -0.3 is 9.80 Å². The molecule has 27 heavy (non-hydrogen) atoms. The second kappa shape index (κ2) is 8.22. The number of fused-ring (bicyclic) bond motifs is 1. The summed E-state index contributed by atoms with van der Waals surface area (Å²) in [6.07, 6.45) is 8.07. The summed E-state index contributed by atoms with van der Waals surface area (Å²) >= 11 is 0. The third-order valence-electron chi connectivity index (χ3n) is 7.25. The first-order chi connectivity index (χ1) is 13.1. The lowest BCUT2D eigenvalue weighted by molar-refractivity contribution is -0.134. The Morgan fingerprint density at radius 3 is 2.52 bits per heavy atom. The Hall–Kier alpha value is -1.55. The average molecular weight is 370 g/mol. The third-order valence-corrected chi connectivity index (χ3v) is 7.25. The molecule has 3 aliphatic rings. The van der Waals surface area contributed by atoms with Crippen LogP contribution in [0.5, 0.6) is 0 Å². The summed E-state index contributed by atoms with van der Waals surface area (Å²) in [5.74, 6) is 1.20. The number of rotatable bonds is 3. The number of nitrogens with zero attached hydrogens (tertiary/aromatic N) is 3. The molecule has 1 aliphatic carbocycles. The van der Waals surface area contributed by atoms with Crippen LogP contribution >= 0.6 is 0 Å². The molecular formula is C23H35N3O. The highest BCUT2D eigenvalue weighted by atomic mass is 16.2. The zero-order valence-electron chi connectivity index (χ0n) is 17.1. The number of carbonyl (C=O) groups excluding carboxylic acids is 1. The lowest BCUT2D eigenvalue weighted by Crippen LogP contribution is -2.54. The highest BCUT2D eigenvalue weighted by Gasteiger charge is 2.35. The maximum atomic E-state index is 13.0. The Kier molecular flexibility index (Phi) is 5.72. The highest BCUT2D eigenvalue weighted by molar-refractivity contribution is 5.78. The van der Waals surface area contributed by atoms with E-state index in [1.807, 2.05) is 0 Å². The van der Waals surface area contributed by atoms with Crippen LogP contribution in [0, 0.1) is 19.8 Å². The summed E-state index contributed by atoms with van der Waals surface area (Å²) in [5, 5.41) is 0. The van der Waals surface area contributed by atoms with Crippen molar-refractivity contribution in [2.75, 3.05) is 44.2 Å². The monoisotopic (exact) mass is 369 g/mol. The van der Waals surface area contributed by atoms with E-state index in [2.05, 4.69) is 46.7 Å². The molecule has 2 atom stereocenters. The second-order valence-corrected chi connectivity index (χ2v) is 8.81. The molecule has 0 unspecified atom stereocenters. The van der Waals surface area contributed by atoms with E-state index in [0.717, 1.165) is 38.6 Å². The zero-order chi connectivity index (χ0) is 18.8. The Morgan fingerprint density at radius 1 is 0.963 bits per heavy atom. The largest absolute Gasteiger partial charge is 0.368 e. The number of hydrogen-bond donors (Lipinski definition) is 0. The molecule has 4 rings (SSSR count). The molecule has 0 N–H and O–H groups in total. The van der Waals surface area contributed by atoms with Gasteiger partial charge in [-0.1, -0.05) is 25.0 Å². The van der Waals surface area contributed by atoms with E-state index >= 15 is 0 Å². The number of piperazine rings is 1. The van der Waals surface area contributed by atoms with E-state index < -0.39 is 0 Å². The van der Waals surface area contributed by atoms with Gasteiger partial charge in [0.05, 0.1) is 6.54 Å². The van der Waals surface area contributed by atoms with Crippen LogP contribution in [0.3, 0.4) is 0 Å². The van der Waals surface area contributed by atoms with E-state index in [9.17, 15) is 4.79 Å². The fourth-order valence-corrected chi connectivity index (χ4v) is 5.47. The van der Waals surface area contributed by atoms with Crippen LogP contribution in [-0.2, 0) is 4.79 Å². The molecular weight excluding hydrogens is 334 g/mol. The molecule has 1 saturated carbocycles. The van der Waals surface area contributed by atoms with Gasteiger partial charge in [-0.05, 0) is 69.2 Å². The molecule has 0 radical (unpaired) electrons. The molecule has 0 bridgehead atoms. The van der Waals surface area contributed by atoms with Crippen molar-refractivity contribution < 1.29 is 4.79 Å². The highest BCUT2D eigenvalue weighted by Crippen LogP contribution is 2.35. The van der Waals surface area contributed by atoms with Crippen LogP contribution in [0.2, 0.25) is 0 Å². The molecule has 1 aromatic rings. The van der Waals surface area contributed by atoms with Crippen molar-refractivity contribution >= 4 is 11.6 Å². The van der Waals surface area contributed by atoms with Crippen LogP contribution in [0.15, 0.2) is 18.2 Å². The molecule has 1 aromatic carbocycles. The van der Waals surface area contributed by atoms with Crippen molar-refractivity contribution in [1.29, 1.82) is 0 Å². The summed E-state index contributed by atoms with van der Waals surface area (Å²) in [6, 6.07) is 7.21. The SMILES string of the molecule is Cc1cccc(N2CCN(C(=O)CN3CCC[C@@H]4CCCC[C@@H]43)CC2)c1C. The van der Waals surface area contributed by atoms with Crippen molar-refractivity contribution in [2.45, 2.75) is 58.4 Å². The van der Waals surface area contributed by atoms with Gasteiger partial charge in [0.1, 0.15) is 0 Å². The fraction of sp³-hybridized carbons (Fsp3) is 0.696. The van der Waals surface area contributed by atoms with E-state index in [4.69, 9.17) is 0 Å². The smallest absolute Gasteiger partial charge is 0.236 e. The van der Waals surface area contributed by atoms with Gasteiger partial charge in [-0.2, -0.15) is 0 Å². The molecule has 2 aliphatic heterocycles.